The summed E-state index contributed by atoms with van der Waals surface area (Å²) < 4.78 is 1.67. The van der Waals surface area contributed by atoms with Crippen LogP contribution >= 0.6 is 23.2 Å². The molecular formula is C19H17Cl2N3O2. The van der Waals surface area contributed by atoms with E-state index in [1.165, 1.54) is 6.20 Å². The fourth-order valence-corrected chi connectivity index (χ4v) is 3.03. The zero-order valence-corrected chi connectivity index (χ0v) is 15.6. The number of fused-ring (bicyclic) bond motifs is 1. The number of carbonyl (C=O) groups excluding carboxylic acids is 1. The molecular weight excluding hydrogens is 373 g/mol. The molecule has 0 radical (unpaired) electrons. The van der Waals surface area contributed by atoms with Crippen molar-refractivity contribution in [2.45, 2.75) is 25.9 Å². The topological polar surface area (TPSA) is 64.0 Å². The van der Waals surface area contributed by atoms with Gasteiger partial charge in [0.1, 0.15) is 0 Å². The van der Waals surface area contributed by atoms with Crippen molar-refractivity contribution in [2.24, 2.45) is 0 Å². The highest BCUT2D eigenvalue weighted by atomic mass is 35.5. The smallest absolute Gasteiger partial charge is 0.222 e. The molecule has 5 nitrogen and oxygen atoms in total. The molecule has 1 heterocycles. The van der Waals surface area contributed by atoms with Crippen LogP contribution in [0.25, 0.3) is 10.9 Å². The number of halogens is 2. The summed E-state index contributed by atoms with van der Waals surface area (Å²) >= 11 is 11.9. The predicted octanol–water partition coefficient (Wildman–Crippen LogP) is 3.97. The van der Waals surface area contributed by atoms with E-state index in [0.717, 1.165) is 5.56 Å². The van der Waals surface area contributed by atoms with E-state index in [1.807, 2.05) is 25.1 Å². The maximum atomic E-state index is 12.3. The fraction of sp³-hybridized carbons (Fsp3) is 0.211. The van der Waals surface area contributed by atoms with Crippen LogP contribution in [0.2, 0.25) is 10.0 Å². The highest BCUT2D eigenvalue weighted by molar-refractivity contribution is 6.42. The number of aromatic nitrogens is 2. The molecule has 1 aromatic heterocycles. The first-order valence-electron chi connectivity index (χ1n) is 8.15. The van der Waals surface area contributed by atoms with Gasteiger partial charge in [-0.3, -0.25) is 14.3 Å². The number of aryl methyl sites for hydroxylation is 1. The van der Waals surface area contributed by atoms with Gasteiger partial charge in [-0.15, -0.1) is 0 Å². The van der Waals surface area contributed by atoms with Crippen molar-refractivity contribution >= 4 is 40.0 Å². The molecule has 1 atom stereocenters. The molecule has 7 heteroatoms. The van der Waals surface area contributed by atoms with Crippen LogP contribution in [0.4, 0.5) is 0 Å². The van der Waals surface area contributed by atoms with E-state index in [4.69, 9.17) is 23.2 Å². The molecule has 26 heavy (non-hydrogen) atoms. The number of hydrogen-bond donors (Lipinski definition) is 1. The molecule has 0 aliphatic rings. The molecule has 3 rings (SSSR count). The largest absolute Gasteiger partial charge is 0.350 e. The van der Waals surface area contributed by atoms with Crippen molar-refractivity contribution in [3.05, 3.63) is 74.5 Å². The van der Waals surface area contributed by atoms with Gasteiger partial charge in [-0.25, -0.2) is 0 Å². The number of amides is 1. The standard InChI is InChI=1S/C19H17Cl2N3O2/c1-12(13-6-7-15(20)16(21)10-13)23-19(26)8-9-24-17-5-3-2-4-14(17)18(25)11-22-24/h2-7,10-12H,8-9H2,1H3,(H,23,26). The number of nitrogens with zero attached hydrogens (tertiary/aromatic N) is 2. The second-order valence-corrected chi connectivity index (χ2v) is 6.78. The van der Waals surface area contributed by atoms with E-state index >= 15 is 0 Å². The number of carbonyl (C=O) groups is 1. The molecule has 0 aliphatic heterocycles. The molecule has 0 fully saturated rings. The predicted molar refractivity (Wildman–Crippen MR) is 104 cm³/mol. The molecule has 3 aromatic rings. The molecule has 1 unspecified atom stereocenters. The number of benzene rings is 2. The van der Waals surface area contributed by atoms with Gasteiger partial charge in [-0.1, -0.05) is 41.4 Å². The summed E-state index contributed by atoms with van der Waals surface area (Å²) in [6, 6.07) is 12.3. The Labute approximate surface area is 160 Å². The maximum Gasteiger partial charge on any atom is 0.222 e. The van der Waals surface area contributed by atoms with Crippen LogP contribution in [0.15, 0.2) is 53.5 Å². The van der Waals surface area contributed by atoms with E-state index in [-0.39, 0.29) is 23.8 Å². The zero-order chi connectivity index (χ0) is 18.7. The third-order valence-electron chi connectivity index (χ3n) is 4.13. The first kappa shape index (κ1) is 18.4. The Balaban J connectivity index is 1.67. The zero-order valence-electron chi connectivity index (χ0n) is 14.1. The van der Waals surface area contributed by atoms with Crippen LogP contribution in [0.1, 0.15) is 24.9 Å². The van der Waals surface area contributed by atoms with Gasteiger partial charge in [0.2, 0.25) is 11.3 Å². The molecule has 0 saturated heterocycles. The van der Waals surface area contributed by atoms with Crippen molar-refractivity contribution in [2.75, 3.05) is 0 Å². The fourth-order valence-electron chi connectivity index (χ4n) is 2.73. The van der Waals surface area contributed by atoms with Crippen molar-refractivity contribution < 1.29 is 4.79 Å². The molecule has 0 saturated carbocycles. The minimum Gasteiger partial charge on any atom is -0.350 e. The normalized spacial score (nSPS) is 12.1. The Morgan fingerprint density at radius 3 is 2.73 bits per heavy atom. The van der Waals surface area contributed by atoms with E-state index in [2.05, 4.69) is 10.4 Å². The van der Waals surface area contributed by atoms with Crippen LogP contribution in [0.3, 0.4) is 0 Å². The molecule has 1 amide bonds. The summed E-state index contributed by atoms with van der Waals surface area (Å²) in [5.74, 6) is -0.117. The van der Waals surface area contributed by atoms with E-state index < -0.39 is 0 Å². The Morgan fingerprint density at radius 2 is 1.96 bits per heavy atom. The lowest BCUT2D eigenvalue weighted by Gasteiger charge is -2.15. The highest BCUT2D eigenvalue weighted by Crippen LogP contribution is 2.25. The van der Waals surface area contributed by atoms with Crippen molar-refractivity contribution in [1.29, 1.82) is 0 Å². The summed E-state index contributed by atoms with van der Waals surface area (Å²) in [5, 5.41) is 8.58. The summed E-state index contributed by atoms with van der Waals surface area (Å²) in [4.78, 5) is 24.1. The third kappa shape index (κ3) is 4.06. The lowest BCUT2D eigenvalue weighted by molar-refractivity contribution is -0.122. The number of nitrogens with one attached hydrogen (secondary N) is 1. The van der Waals surface area contributed by atoms with Crippen LogP contribution in [0.5, 0.6) is 0 Å². The van der Waals surface area contributed by atoms with Gasteiger partial charge in [-0.05, 0) is 36.8 Å². The molecule has 134 valence electrons. The lowest BCUT2D eigenvalue weighted by atomic mass is 10.1. The first-order chi connectivity index (χ1) is 12.5. The minimum atomic E-state index is -0.198. The Bertz CT molecular complexity index is 1020. The van der Waals surface area contributed by atoms with Gasteiger partial charge >= 0.3 is 0 Å². The van der Waals surface area contributed by atoms with E-state index in [9.17, 15) is 9.59 Å². The summed E-state index contributed by atoms with van der Waals surface area (Å²) in [5.41, 5.74) is 1.46. The lowest BCUT2D eigenvalue weighted by Crippen LogP contribution is -2.28. The second kappa shape index (κ2) is 7.89. The van der Waals surface area contributed by atoms with Crippen molar-refractivity contribution in [1.82, 2.24) is 15.1 Å². The van der Waals surface area contributed by atoms with Crippen LogP contribution in [-0.4, -0.2) is 15.7 Å². The van der Waals surface area contributed by atoms with Crippen LogP contribution in [-0.2, 0) is 11.3 Å². The van der Waals surface area contributed by atoms with Gasteiger partial charge in [0, 0.05) is 11.8 Å². The molecule has 0 aliphatic carbocycles. The van der Waals surface area contributed by atoms with Crippen molar-refractivity contribution in [3.63, 3.8) is 0 Å². The Hall–Kier alpha value is -2.37. The molecule has 0 bridgehead atoms. The Morgan fingerprint density at radius 1 is 1.19 bits per heavy atom. The minimum absolute atomic E-state index is 0.117. The average Bonchev–Trinajstić information content (AvgIpc) is 2.63. The summed E-state index contributed by atoms with van der Waals surface area (Å²) in [6.45, 7) is 2.26. The molecule has 1 N–H and O–H groups in total. The summed E-state index contributed by atoms with van der Waals surface area (Å²) in [6.07, 6.45) is 1.52. The third-order valence-corrected chi connectivity index (χ3v) is 4.87. The SMILES string of the molecule is CC(NC(=O)CCn1ncc(=O)c2ccccc21)c1ccc(Cl)c(Cl)c1. The first-order valence-corrected chi connectivity index (χ1v) is 8.90. The van der Waals surface area contributed by atoms with Crippen LogP contribution < -0.4 is 10.7 Å². The van der Waals surface area contributed by atoms with E-state index in [0.29, 0.717) is 27.5 Å². The van der Waals surface area contributed by atoms with Gasteiger partial charge in [0.05, 0.1) is 34.3 Å². The van der Waals surface area contributed by atoms with Gasteiger partial charge in [0.25, 0.3) is 0 Å². The van der Waals surface area contributed by atoms with E-state index in [1.54, 1.807) is 28.9 Å². The highest BCUT2D eigenvalue weighted by Gasteiger charge is 2.12. The molecule has 2 aromatic carbocycles. The summed E-state index contributed by atoms with van der Waals surface area (Å²) in [7, 11) is 0. The van der Waals surface area contributed by atoms with Crippen LogP contribution in [0, 0.1) is 0 Å². The number of rotatable bonds is 5. The Kier molecular flexibility index (Phi) is 5.59. The average molecular weight is 390 g/mol. The number of hydrogen-bond acceptors (Lipinski definition) is 3. The monoisotopic (exact) mass is 389 g/mol. The maximum absolute atomic E-state index is 12.3. The number of para-hydroxylation sites is 1. The van der Waals surface area contributed by atoms with Gasteiger partial charge in [0.15, 0.2) is 0 Å². The quantitative estimate of drug-likeness (QED) is 0.717. The van der Waals surface area contributed by atoms with Gasteiger partial charge in [-0.2, -0.15) is 5.10 Å². The van der Waals surface area contributed by atoms with Crippen molar-refractivity contribution in [3.8, 4) is 0 Å². The molecule has 0 spiro atoms. The van der Waals surface area contributed by atoms with Gasteiger partial charge < -0.3 is 5.32 Å². The second-order valence-electron chi connectivity index (χ2n) is 5.96.